The number of nitrogens with one attached hydrogen (secondary N) is 2. The van der Waals surface area contributed by atoms with Gasteiger partial charge < -0.3 is 15.2 Å². The van der Waals surface area contributed by atoms with Crippen LogP contribution in [0.25, 0.3) is 11.4 Å². The minimum Gasteiger partial charge on any atom is -0.360 e. The van der Waals surface area contributed by atoms with E-state index < -0.39 is 0 Å². The van der Waals surface area contributed by atoms with E-state index in [-0.39, 0.29) is 11.9 Å². The van der Waals surface area contributed by atoms with E-state index in [2.05, 4.69) is 30.2 Å². The number of thioether (sulfide) groups is 1. The SMILES string of the molecule is Cc1csc(SCC(=O)NC2CCN(c3nccc(-c4ccc[nH]4)n3)C2)n1. The van der Waals surface area contributed by atoms with Crippen LogP contribution in [0.4, 0.5) is 5.95 Å². The number of amides is 1. The molecule has 3 aromatic rings. The molecule has 1 unspecified atom stereocenters. The zero-order valence-electron chi connectivity index (χ0n) is 14.9. The molecule has 1 saturated heterocycles. The van der Waals surface area contributed by atoms with Crippen molar-refractivity contribution in [1.29, 1.82) is 0 Å². The fourth-order valence-corrected chi connectivity index (χ4v) is 4.66. The highest BCUT2D eigenvalue weighted by Crippen LogP contribution is 2.23. The lowest BCUT2D eigenvalue weighted by atomic mass is 10.2. The molecule has 1 amide bonds. The summed E-state index contributed by atoms with van der Waals surface area (Å²) < 4.78 is 0.935. The molecule has 1 aliphatic heterocycles. The third kappa shape index (κ3) is 4.48. The topological polar surface area (TPSA) is 86.8 Å². The van der Waals surface area contributed by atoms with Gasteiger partial charge in [0, 0.05) is 42.6 Å². The molecule has 0 radical (unpaired) electrons. The molecule has 27 heavy (non-hydrogen) atoms. The smallest absolute Gasteiger partial charge is 0.230 e. The molecular weight excluding hydrogens is 380 g/mol. The van der Waals surface area contributed by atoms with E-state index in [1.807, 2.05) is 36.7 Å². The monoisotopic (exact) mass is 400 g/mol. The van der Waals surface area contributed by atoms with Crippen molar-refractivity contribution in [2.24, 2.45) is 0 Å². The molecule has 0 spiro atoms. The van der Waals surface area contributed by atoms with Crippen LogP contribution in [0.5, 0.6) is 0 Å². The summed E-state index contributed by atoms with van der Waals surface area (Å²) in [6.45, 7) is 3.51. The van der Waals surface area contributed by atoms with Crippen LogP contribution in [0.15, 0.2) is 40.3 Å². The average Bonchev–Trinajstić information content (AvgIpc) is 3.42. The summed E-state index contributed by atoms with van der Waals surface area (Å²) in [7, 11) is 0. The molecule has 140 valence electrons. The molecule has 0 aliphatic carbocycles. The Balaban J connectivity index is 1.31. The van der Waals surface area contributed by atoms with Gasteiger partial charge in [-0.2, -0.15) is 0 Å². The van der Waals surface area contributed by atoms with Crippen LogP contribution in [0.2, 0.25) is 0 Å². The highest BCUT2D eigenvalue weighted by atomic mass is 32.2. The first-order valence-electron chi connectivity index (χ1n) is 8.73. The summed E-state index contributed by atoms with van der Waals surface area (Å²) in [5.74, 6) is 1.13. The van der Waals surface area contributed by atoms with Crippen LogP contribution in [-0.4, -0.2) is 50.7 Å². The van der Waals surface area contributed by atoms with Crippen molar-refractivity contribution in [1.82, 2.24) is 25.3 Å². The highest BCUT2D eigenvalue weighted by Gasteiger charge is 2.26. The van der Waals surface area contributed by atoms with Crippen LogP contribution in [0.1, 0.15) is 12.1 Å². The normalized spacial score (nSPS) is 16.6. The Hall–Kier alpha value is -2.39. The Morgan fingerprint density at radius 3 is 3.15 bits per heavy atom. The molecule has 4 rings (SSSR count). The van der Waals surface area contributed by atoms with Crippen molar-refractivity contribution in [2.45, 2.75) is 23.7 Å². The van der Waals surface area contributed by atoms with Crippen molar-refractivity contribution in [3.63, 3.8) is 0 Å². The van der Waals surface area contributed by atoms with E-state index in [1.165, 1.54) is 11.8 Å². The lowest BCUT2D eigenvalue weighted by Crippen LogP contribution is -2.38. The molecule has 1 fully saturated rings. The Bertz CT molecular complexity index is 910. The van der Waals surface area contributed by atoms with Gasteiger partial charge in [-0.25, -0.2) is 15.0 Å². The van der Waals surface area contributed by atoms with E-state index >= 15 is 0 Å². The number of carbonyl (C=O) groups excluding carboxylic acids is 1. The summed E-state index contributed by atoms with van der Waals surface area (Å²) in [5.41, 5.74) is 2.83. The number of aryl methyl sites for hydroxylation is 1. The van der Waals surface area contributed by atoms with Gasteiger partial charge in [-0.15, -0.1) is 11.3 Å². The second-order valence-electron chi connectivity index (χ2n) is 6.37. The molecule has 7 nitrogen and oxygen atoms in total. The minimum absolute atomic E-state index is 0.0424. The van der Waals surface area contributed by atoms with Crippen molar-refractivity contribution < 1.29 is 4.79 Å². The second kappa shape index (κ2) is 8.10. The van der Waals surface area contributed by atoms with Gasteiger partial charge in [-0.3, -0.25) is 4.79 Å². The third-order valence-electron chi connectivity index (χ3n) is 4.28. The third-order valence-corrected chi connectivity index (χ3v) is 6.42. The first kappa shape index (κ1) is 18.0. The predicted molar refractivity (Wildman–Crippen MR) is 108 cm³/mol. The van der Waals surface area contributed by atoms with E-state index in [0.717, 1.165) is 40.9 Å². The zero-order chi connectivity index (χ0) is 18.6. The molecule has 1 atom stereocenters. The Kier molecular flexibility index (Phi) is 5.40. The maximum atomic E-state index is 12.2. The van der Waals surface area contributed by atoms with Crippen molar-refractivity contribution in [2.75, 3.05) is 23.7 Å². The van der Waals surface area contributed by atoms with Gasteiger partial charge in [0.25, 0.3) is 0 Å². The van der Waals surface area contributed by atoms with Gasteiger partial charge in [0.15, 0.2) is 4.34 Å². The minimum atomic E-state index is 0.0424. The van der Waals surface area contributed by atoms with E-state index in [0.29, 0.717) is 11.7 Å². The first-order chi connectivity index (χ1) is 13.2. The van der Waals surface area contributed by atoms with Crippen LogP contribution in [-0.2, 0) is 4.79 Å². The van der Waals surface area contributed by atoms with Gasteiger partial charge in [-0.1, -0.05) is 11.8 Å². The lowest BCUT2D eigenvalue weighted by Gasteiger charge is -2.17. The summed E-state index contributed by atoms with van der Waals surface area (Å²) in [6.07, 6.45) is 4.55. The van der Waals surface area contributed by atoms with Crippen molar-refractivity contribution in [3.8, 4) is 11.4 Å². The molecule has 2 N–H and O–H groups in total. The number of thiazole rings is 1. The van der Waals surface area contributed by atoms with Crippen LogP contribution < -0.4 is 10.2 Å². The quantitative estimate of drug-likeness (QED) is 0.619. The fraction of sp³-hybridized carbons (Fsp3) is 0.333. The fourth-order valence-electron chi connectivity index (χ4n) is 3.00. The number of anilines is 1. The number of aromatic nitrogens is 4. The van der Waals surface area contributed by atoms with E-state index in [1.54, 1.807) is 17.5 Å². The number of H-pyrrole nitrogens is 1. The van der Waals surface area contributed by atoms with Gasteiger partial charge in [0.1, 0.15) is 0 Å². The molecule has 0 bridgehead atoms. The molecular formula is C18H20N6OS2. The molecule has 9 heteroatoms. The second-order valence-corrected chi connectivity index (χ2v) is 8.45. The maximum Gasteiger partial charge on any atom is 0.230 e. The Morgan fingerprint density at radius 1 is 1.44 bits per heavy atom. The van der Waals surface area contributed by atoms with Crippen molar-refractivity contribution in [3.05, 3.63) is 41.7 Å². The number of carbonyl (C=O) groups is 1. The van der Waals surface area contributed by atoms with Gasteiger partial charge >= 0.3 is 0 Å². The van der Waals surface area contributed by atoms with Crippen LogP contribution >= 0.6 is 23.1 Å². The van der Waals surface area contributed by atoms with Crippen LogP contribution in [0.3, 0.4) is 0 Å². The summed E-state index contributed by atoms with van der Waals surface area (Å²) in [6, 6.07) is 5.95. The van der Waals surface area contributed by atoms with Crippen molar-refractivity contribution >= 4 is 35.0 Å². The summed E-state index contributed by atoms with van der Waals surface area (Å²) in [4.78, 5) is 30.9. The molecule has 3 aromatic heterocycles. The lowest BCUT2D eigenvalue weighted by molar-refractivity contribution is -0.119. The van der Waals surface area contributed by atoms with Crippen LogP contribution in [0, 0.1) is 6.92 Å². The standard InChI is InChI=1S/C18H20N6OS2/c1-12-10-26-18(21-12)27-11-16(25)22-13-5-8-24(9-13)17-20-7-4-15(23-17)14-3-2-6-19-14/h2-4,6-7,10,13,19H,5,8-9,11H2,1H3,(H,22,25). The number of hydrogen-bond donors (Lipinski definition) is 2. The number of nitrogens with zero attached hydrogens (tertiary/aromatic N) is 4. The first-order valence-corrected chi connectivity index (χ1v) is 10.6. The summed E-state index contributed by atoms with van der Waals surface area (Å²) >= 11 is 3.06. The van der Waals surface area contributed by atoms with Gasteiger partial charge in [0.05, 0.1) is 17.1 Å². The van der Waals surface area contributed by atoms with Gasteiger partial charge in [-0.05, 0) is 31.5 Å². The Morgan fingerprint density at radius 2 is 2.37 bits per heavy atom. The van der Waals surface area contributed by atoms with E-state index in [4.69, 9.17) is 0 Å². The number of rotatable bonds is 6. The van der Waals surface area contributed by atoms with E-state index in [9.17, 15) is 4.79 Å². The molecule has 4 heterocycles. The zero-order valence-corrected chi connectivity index (χ0v) is 16.5. The predicted octanol–water partition coefficient (Wildman–Crippen LogP) is 2.72. The Labute approximate surface area is 165 Å². The number of hydrogen-bond acceptors (Lipinski definition) is 7. The maximum absolute atomic E-state index is 12.2. The largest absolute Gasteiger partial charge is 0.360 e. The molecule has 0 aromatic carbocycles. The average molecular weight is 401 g/mol. The van der Waals surface area contributed by atoms with Gasteiger partial charge in [0.2, 0.25) is 11.9 Å². The summed E-state index contributed by atoms with van der Waals surface area (Å²) in [5, 5.41) is 5.11. The number of aromatic amines is 1. The molecule has 1 aliphatic rings. The highest BCUT2D eigenvalue weighted by molar-refractivity contribution is 8.01. The molecule has 0 saturated carbocycles.